The molecule has 1 aromatic rings. The Morgan fingerprint density at radius 3 is 3.13 bits per heavy atom. The van der Waals surface area contributed by atoms with Gasteiger partial charge in [0.05, 0.1) is 11.4 Å². The Bertz CT molecular complexity index is 478. The predicted molar refractivity (Wildman–Crippen MR) is 65.6 cm³/mol. The molecular weight excluding hydrogens is 202 g/mol. The summed E-state index contributed by atoms with van der Waals surface area (Å²) in [6, 6.07) is 9.12. The van der Waals surface area contributed by atoms with Gasteiger partial charge in [0.15, 0.2) is 0 Å². The summed E-state index contributed by atoms with van der Waals surface area (Å²) in [6.45, 7) is 0. The first-order valence-electron chi connectivity index (χ1n) is 5.69. The summed E-state index contributed by atoms with van der Waals surface area (Å²) in [5, 5.41) is 2.65. The van der Waals surface area contributed by atoms with Crippen LogP contribution in [0.4, 0.5) is 0 Å². The van der Waals surface area contributed by atoms with Gasteiger partial charge < -0.3 is 0 Å². The van der Waals surface area contributed by atoms with Crippen molar-refractivity contribution in [1.82, 2.24) is 0 Å². The molecule has 0 bridgehead atoms. The fourth-order valence-electron chi connectivity index (χ4n) is 2.49. The lowest BCUT2D eigenvalue weighted by Crippen LogP contribution is -2.22. The van der Waals surface area contributed by atoms with Crippen LogP contribution in [-0.2, 0) is 0 Å². The minimum Gasteiger partial charge on any atom is -0.277 e. The molecule has 2 heterocycles. The van der Waals surface area contributed by atoms with Gasteiger partial charge in [-0.1, -0.05) is 18.2 Å². The standard InChI is InChI=1S/C13H15NS/c1-2-5-12-10(4-1)11-7-9-15-8-3-6-13(11)14-12/h1-2,4-5,13H,3,6-9H2. The van der Waals surface area contributed by atoms with Gasteiger partial charge in [-0.15, -0.1) is 0 Å². The molecule has 0 saturated carbocycles. The van der Waals surface area contributed by atoms with Crippen molar-refractivity contribution >= 4 is 17.3 Å². The van der Waals surface area contributed by atoms with Crippen molar-refractivity contribution < 1.29 is 0 Å². The molecule has 0 aromatic heterocycles. The number of nitrogens with zero attached hydrogens (tertiary/aromatic N) is 1. The van der Waals surface area contributed by atoms with E-state index in [1.54, 1.807) is 5.57 Å². The maximum atomic E-state index is 4.83. The summed E-state index contributed by atoms with van der Waals surface area (Å²) >= 11 is 2.09. The lowest BCUT2D eigenvalue weighted by atomic mass is 10.0. The van der Waals surface area contributed by atoms with Crippen LogP contribution in [0.15, 0.2) is 29.3 Å². The molecule has 1 aromatic carbocycles. The third-order valence-electron chi connectivity index (χ3n) is 3.23. The van der Waals surface area contributed by atoms with Gasteiger partial charge in [0.2, 0.25) is 0 Å². The first kappa shape index (κ1) is 9.46. The number of rotatable bonds is 0. The number of para-hydroxylation sites is 1. The molecule has 2 aliphatic rings. The van der Waals surface area contributed by atoms with E-state index in [-0.39, 0.29) is 0 Å². The lowest BCUT2D eigenvalue weighted by Gasteiger charge is -2.16. The lowest BCUT2D eigenvalue weighted by molar-refractivity contribution is 0.702. The molecule has 15 heavy (non-hydrogen) atoms. The molecule has 2 aliphatic heterocycles. The number of hydrogen-bond donors (Lipinski definition) is 0. The molecule has 1 atom stereocenters. The highest BCUT2D eigenvalue weighted by Gasteiger charge is 2.19. The number of fused-ring (bicyclic) bond motifs is 2. The third kappa shape index (κ3) is 1.71. The third-order valence-corrected chi connectivity index (χ3v) is 4.30. The highest BCUT2D eigenvalue weighted by Crippen LogP contribution is 2.24. The van der Waals surface area contributed by atoms with Crippen molar-refractivity contribution in [1.29, 1.82) is 0 Å². The van der Waals surface area contributed by atoms with E-state index in [4.69, 9.17) is 4.99 Å². The van der Waals surface area contributed by atoms with Crippen LogP contribution < -0.4 is 10.6 Å². The van der Waals surface area contributed by atoms with Gasteiger partial charge in [0.1, 0.15) is 0 Å². The Labute approximate surface area is 94.3 Å². The Balaban J connectivity index is 2.11. The van der Waals surface area contributed by atoms with Gasteiger partial charge >= 0.3 is 0 Å². The van der Waals surface area contributed by atoms with E-state index >= 15 is 0 Å². The van der Waals surface area contributed by atoms with Crippen molar-refractivity contribution in [2.24, 2.45) is 4.99 Å². The highest BCUT2D eigenvalue weighted by molar-refractivity contribution is 7.99. The second-order valence-corrected chi connectivity index (χ2v) is 5.42. The summed E-state index contributed by atoms with van der Waals surface area (Å²) in [4.78, 5) is 4.83. The van der Waals surface area contributed by atoms with Crippen LogP contribution in [0.1, 0.15) is 19.3 Å². The fraction of sp³-hybridized carbons (Fsp3) is 0.462. The molecule has 1 saturated heterocycles. The van der Waals surface area contributed by atoms with E-state index in [1.165, 1.54) is 41.3 Å². The first-order valence-corrected chi connectivity index (χ1v) is 6.84. The summed E-state index contributed by atoms with van der Waals surface area (Å²) in [5.41, 5.74) is 1.60. The summed E-state index contributed by atoms with van der Waals surface area (Å²) in [5.74, 6) is 2.59. The molecule has 0 amide bonds. The Morgan fingerprint density at radius 1 is 1.20 bits per heavy atom. The summed E-state index contributed by atoms with van der Waals surface area (Å²) < 4.78 is 0. The second-order valence-electron chi connectivity index (χ2n) is 4.19. The minimum absolute atomic E-state index is 0.503. The zero-order chi connectivity index (χ0) is 10.1. The van der Waals surface area contributed by atoms with Crippen molar-refractivity contribution in [3.05, 3.63) is 34.8 Å². The molecular formula is C13H15NS. The molecule has 0 radical (unpaired) electrons. The van der Waals surface area contributed by atoms with Crippen LogP contribution in [0.3, 0.4) is 0 Å². The number of benzene rings is 1. The quantitative estimate of drug-likeness (QED) is 0.645. The van der Waals surface area contributed by atoms with E-state index in [0.29, 0.717) is 6.04 Å². The molecule has 78 valence electrons. The first-order chi connectivity index (χ1) is 7.45. The van der Waals surface area contributed by atoms with Crippen LogP contribution in [0.2, 0.25) is 0 Å². The highest BCUT2D eigenvalue weighted by atomic mass is 32.2. The van der Waals surface area contributed by atoms with Gasteiger partial charge in [-0.25, -0.2) is 0 Å². The number of hydrogen-bond acceptors (Lipinski definition) is 2. The van der Waals surface area contributed by atoms with Crippen molar-refractivity contribution in [3.8, 4) is 0 Å². The van der Waals surface area contributed by atoms with E-state index in [9.17, 15) is 0 Å². The average molecular weight is 217 g/mol. The zero-order valence-electron chi connectivity index (χ0n) is 8.78. The SMILES string of the molecule is c1ccc2c(c1)=NC1CCCSCCC=21. The van der Waals surface area contributed by atoms with E-state index in [1.807, 2.05) is 0 Å². The average Bonchev–Trinajstić information content (AvgIpc) is 2.55. The zero-order valence-corrected chi connectivity index (χ0v) is 9.59. The fourth-order valence-corrected chi connectivity index (χ4v) is 3.43. The van der Waals surface area contributed by atoms with Gasteiger partial charge in [-0.05, 0) is 42.4 Å². The minimum atomic E-state index is 0.503. The van der Waals surface area contributed by atoms with Crippen LogP contribution in [-0.4, -0.2) is 17.5 Å². The van der Waals surface area contributed by atoms with Crippen LogP contribution >= 0.6 is 11.8 Å². The van der Waals surface area contributed by atoms with Crippen LogP contribution in [0, 0.1) is 0 Å². The van der Waals surface area contributed by atoms with E-state index in [0.717, 1.165) is 0 Å². The molecule has 1 nitrogen and oxygen atoms in total. The Morgan fingerprint density at radius 2 is 2.13 bits per heavy atom. The Kier molecular flexibility index (Phi) is 2.53. The van der Waals surface area contributed by atoms with Gasteiger partial charge in [0.25, 0.3) is 0 Å². The predicted octanol–water partition coefficient (Wildman–Crippen LogP) is 1.76. The monoisotopic (exact) mass is 217 g/mol. The van der Waals surface area contributed by atoms with Crippen molar-refractivity contribution in [2.45, 2.75) is 25.3 Å². The Hall–Kier alpha value is -0.760. The molecule has 0 aliphatic carbocycles. The van der Waals surface area contributed by atoms with Gasteiger partial charge in [-0.2, -0.15) is 11.8 Å². The largest absolute Gasteiger partial charge is 0.277 e. The van der Waals surface area contributed by atoms with Crippen molar-refractivity contribution in [3.63, 3.8) is 0 Å². The molecule has 0 N–H and O–H groups in total. The van der Waals surface area contributed by atoms with Crippen LogP contribution in [0.25, 0.3) is 5.57 Å². The van der Waals surface area contributed by atoms with E-state index in [2.05, 4.69) is 36.0 Å². The summed E-state index contributed by atoms with van der Waals surface area (Å²) in [6.07, 6.45) is 3.79. The number of thioether (sulfide) groups is 1. The van der Waals surface area contributed by atoms with Crippen LogP contribution in [0.5, 0.6) is 0 Å². The molecule has 0 spiro atoms. The normalized spacial score (nSPS) is 24.8. The maximum absolute atomic E-state index is 4.83. The molecule has 1 fully saturated rings. The second kappa shape index (κ2) is 4.01. The summed E-state index contributed by atoms with van der Waals surface area (Å²) in [7, 11) is 0. The maximum Gasteiger partial charge on any atom is 0.0726 e. The molecule has 3 rings (SSSR count). The van der Waals surface area contributed by atoms with E-state index < -0.39 is 0 Å². The van der Waals surface area contributed by atoms with Gasteiger partial charge in [-0.3, -0.25) is 4.99 Å². The smallest absolute Gasteiger partial charge is 0.0726 e. The van der Waals surface area contributed by atoms with Gasteiger partial charge in [0, 0.05) is 5.22 Å². The topological polar surface area (TPSA) is 12.4 Å². The molecule has 1 unspecified atom stereocenters. The molecule has 2 heteroatoms. The van der Waals surface area contributed by atoms with Crippen molar-refractivity contribution in [2.75, 3.05) is 11.5 Å².